The third kappa shape index (κ3) is 2.79. The molecule has 2 fully saturated rings. The molecule has 3 rings (SSSR count). The summed E-state index contributed by atoms with van der Waals surface area (Å²) >= 11 is 1.59. The Balaban J connectivity index is 1.74. The van der Waals surface area contributed by atoms with Gasteiger partial charge in [-0.15, -0.1) is 0 Å². The molecule has 104 valence electrons. The van der Waals surface area contributed by atoms with Crippen molar-refractivity contribution in [2.24, 2.45) is 5.92 Å². The third-order valence-electron chi connectivity index (χ3n) is 3.77. The molecule has 0 radical (unpaired) electrons. The monoisotopic (exact) mass is 281 g/mol. The number of carbonyl (C=O) groups excluding carboxylic acids is 1. The molecule has 0 bridgehead atoms. The zero-order chi connectivity index (χ0) is 13.3. The fourth-order valence-corrected chi connectivity index (χ4v) is 3.51. The number of imidazole rings is 1. The summed E-state index contributed by atoms with van der Waals surface area (Å²) in [6.45, 7) is 0. The van der Waals surface area contributed by atoms with Crippen molar-refractivity contribution in [3.05, 3.63) is 12.4 Å². The number of rotatable bonds is 7. The normalized spacial score (nSPS) is 21.9. The molecule has 2 aliphatic rings. The standard InChI is InChI=1S/C13H19N3O2S/c1-18-11(17)13(9-2-3-9,16-10-4-5-10)8-19-12-14-6-7-15-12/h6-7,9-10,16H,2-5,8H2,1H3,(H,14,15). The minimum atomic E-state index is -0.534. The number of carbonyl (C=O) groups is 1. The Kier molecular flexibility index (Phi) is 3.54. The van der Waals surface area contributed by atoms with Gasteiger partial charge in [0, 0.05) is 24.2 Å². The quantitative estimate of drug-likeness (QED) is 0.586. The van der Waals surface area contributed by atoms with Gasteiger partial charge >= 0.3 is 5.97 Å². The summed E-state index contributed by atoms with van der Waals surface area (Å²) in [6, 6.07) is 0.483. The van der Waals surface area contributed by atoms with E-state index in [1.165, 1.54) is 7.11 Å². The van der Waals surface area contributed by atoms with Crippen molar-refractivity contribution in [1.29, 1.82) is 0 Å². The highest BCUT2D eigenvalue weighted by Gasteiger charge is 2.53. The Morgan fingerprint density at radius 1 is 1.58 bits per heavy atom. The van der Waals surface area contributed by atoms with E-state index in [9.17, 15) is 4.79 Å². The molecular formula is C13H19N3O2S. The van der Waals surface area contributed by atoms with E-state index in [0.29, 0.717) is 17.7 Å². The van der Waals surface area contributed by atoms with Crippen LogP contribution in [0.2, 0.25) is 0 Å². The number of hydrogen-bond acceptors (Lipinski definition) is 5. The van der Waals surface area contributed by atoms with E-state index in [1.54, 1.807) is 24.2 Å². The highest BCUT2D eigenvalue weighted by Crippen LogP contribution is 2.44. The molecule has 0 aliphatic heterocycles. The minimum absolute atomic E-state index is 0.124. The Hall–Kier alpha value is -1.01. The van der Waals surface area contributed by atoms with E-state index in [4.69, 9.17) is 4.74 Å². The Labute approximate surface area is 116 Å². The van der Waals surface area contributed by atoms with Crippen LogP contribution in [0.25, 0.3) is 0 Å². The molecule has 1 unspecified atom stereocenters. The predicted octanol–water partition coefficient (Wildman–Crippen LogP) is 1.58. The fourth-order valence-electron chi connectivity index (χ4n) is 2.42. The first-order chi connectivity index (χ1) is 9.24. The van der Waals surface area contributed by atoms with Crippen LogP contribution in [0.4, 0.5) is 0 Å². The zero-order valence-electron chi connectivity index (χ0n) is 11.0. The molecule has 1 atom stereocenters. The van der Waals surface area contributed by atoms with Gasteiger partial charge in [0.25, 0.3) is 0 Å². The Morgan fingerprint density at radius 2 is 2.37 bits per heavy atom. The van der Waals surface area contributed by atoms with E-state index < -0.39 is 5.54 Å². The van der Waals surface area contributed by atoms with Crippen molar-refractivity contribution in [2.45, 2.75) is 42.4 Å². The maximum Gasteiger partial charge on any atom is 0.327 e. The van der Waals surface area contributed by atoms with E-state index in [-0.39, 0.29) is 5.97 Å². The number of nitrogens with zero attached hydrogens (tertiary/aromatic N) is 1. The maximum atomic E-state index is 12.3. The van der Waals surface area contributed by atoms with Gasteiger partial charge in [0.2, 0.25) is 0 Å². The molecule has 1 aromatic rings. The lowest BCUT2D eigenvalue weighted by Gasteiger charge is -2.32. The molecule has 1 aromatic heterocycles. The molecule has 0 aromatic carbocycles. The number of ether oxygens (including phenoxy) is 1. The summed E-state index contributed by atoms with van der Waals surface area (Å²) in [5, 5.41) is 4.40. The number of methoxy groups -OCH3 is 1. The molecular weight excluding hydrogens is 262 g/mol. The first-order valence-corrected chi connectivity index (χ1v) is 7.71. The lowest BCUT2D eigenvalue weighted by molar-refractivity contribution is -0.148. The van der Waals surface area contributed by atoms with Gasteiger partial charge in [-0.05, 0) is 31.6 Å². The molecule has 0 saturated heterocycles. The summed E-state index contributed by atoms with van der Waals surface area (Å²) in [5.74, 6) is 0.956. The van der Waals surface area contributed by atoms with Crippen LogP contribution in [0.3, 0.4) is 0 Å². The average Bonchev–Trinajstić information content (AvgIpc) is 3.34. The highest BCUT2D eigenvalue weighted by molar-refractivity contribution is 7.99. The van der Waals surface area contributed by atoms with Crippen LogP contribution in [-0.2, 0) is 9.53 Å². The number of aromatic amines is 1. The first kappa shape index (κ1) is 13.0. The summed E-state index contributed by atoms with van der Waals surface area (Å²) in [4.78, 5) is 19.6. The van der Waals surface area contributed by atoms with Crippen molar-refractivity contribution < 1.29 is 9.53 Å². The van der Waals surface area contributed by atoms with Crippen molar-refractivity contribution in [1.82, 2.24) is 15.3 Å². The molecule has 2 aliphatic carbocycles. The zero-order valence-corrected chi connectivity index (χ0v) is 11.8. The molecule has 19 heavy (non-hydrogen) atoms. The number of H-pyrrole nitrogens is 1. The largest absolute Gasteiger partial charge is 0.468 e. The Bertz CT molecular complexity index is 443. The molecule has 0 amide bonds. The number of esters is 1. The smallest absolute Gasteiger partial charge is 0.327 e. The van der Waals surface area contributed by atoms with Crippen molar-refractivity contribution in [2.75, 3.05) is 12.9 Å². The van der Waals surface area contributed by atoms with Gasteiger partial charge in [-0.3, -0.25) is 10.1 Å². The summed E-state index contributed by atoms with van der Waals surface area (Å²) in [5.41, 5.74) is -0.534. The van der Waals surface area contributed by atoms with Crippen molar-refractivity contribution in [3.8, 4) is 0 Å². The molecule has 2 N–H and O–H groups in total. The first-order valence-electron chi connectivity index (χ1n) is 6.73. The summed E-state index contributed by atoms with van der Waals surface area (Å²) in [7, 11) is 1.48. The molecule has 6 heteroatoms. The van der Waals surface area contributed by atoms with Crippen LogP contribution in [0.1, 0.15) is 25.7 Å². The minimum Gasteiger partial charge on any atom is -0.468 e. The lowest BCUT2D eigenvalue weighted by atomic mass is 9.95. The highest BCUT2D eigenvalue weighted by atomic mass is 32.2. The van der Waals surface area contributed by atoms with Crippen molar-refractivity contribution >= 4 is 17.7 Å². The van der Waals surface area contributed by atoms with E-state index >= 15 is 0 Å². The lowest BCUT2D eigenvalue weighted by Crippen LogP contribution is -2.57. The van der Waals surface area contributed by atoms with Crippen LogP contribution in [0.5, 0.6) is 0 Å². The number of aromatic nitrogens is 2. The molecule has 0 spiro atoms. The van der Waals surface area contributed by atoms with Crippen LogP contribution in [0.15, 0.2) is 17.6 Å². The van der Waals surface area contributed by atoms with Crippen LogP contribution >= 0.6 is 11.8 Å². The second kappa shape index (κ2) is 5.17. The third-order valence-corrected chi connectivity index (χ3v) is 4.87. The van der Waals surface area contributed by atoms with Gasteiger partial charge in [-0.1, -0.05) is 11.8 Å². The van der Waals surface area contributed by atoms with Gasteiger partial charge < -0.3 is 9.72 Å². The summed E-state index contributed by atoms with van der Waals surface area (Å²) in [6.07, 6.45) is 8.07. The van der Waals surface area contributed by atoms with E-state index in [2.05, 4.69) is 15.3 Å². The average molecular weight is 281 g/mol. The second-order valence-corrected chi connectivity index (χ2v) is 6.30. The van der Waals surface area contributed by atoms with Crippen LogP contribution in [-0.4, -0.2) is 40.4 Å². The second-order valence-electron chi connectivity index (χ2n) is 5.34. The fraction of sp³-hybridized carbons (Fsp3) is 0.692. The Morgan fingerprint density at radius 3 is 2.89 bits per heavy atom. The van der Waals surface area contributed by atoms with E-state index in [0.717, 1.165) is 30.8 Å². The number of hydrogen-bond donors (Lipinski definition) is 2. The summed E-state index contributed by atoms with van der Waals surface area (Å²) < 4.78 is 5.07. The number of nitrogens with one attached hydrogen (secondary N) is 2. The van der Waals surface area contributed by atoms with Crippen molar-refractivity contribution in [3.63, 3.8) is 0 Å². The topological polar surface area (TPSA) is 67.0 Å². The SMILES string of the molecule is COC(=O)C(CSc1ncc[nH]1)(NC1CC1)C1CC1. The van der Waals surface area contributed by atoms with Gasteiger partial charge in [-0.25, -0.2) is 4.98 Å². The van der Waals surface area contributed by atoms with Gasteiger partial charge in [0.15, 0.2) is 5.16 Å². The van der Waals surface area contributed by atoms with E-state index in [1.807, 2.05) is 0 Å². The van der Waals surface area contributed by atoms with Crippen LogP contribution < -0.4 is 5.32 Å². The molecule has 2 saturated carbocycles. The maximum absolute atomic E-state index is 12.3. The van der Waals surface area contributed by atoms with Crippen LogP contribution in [0, 0.1) is 5.92 Å². The molecule has 5 nitrogen and oxygen atoms in total. The van der Waals surface area contributed by atoms with Gasteiger partial charge in [0.05, 0.1) is 7.11 Å². The predicted molar refractivity (Wildman–Crippen MR) is 72.9 cm³/mol. The van der Waals surface area contributed by atoms with Gasteiger partial charge in [-0.2, -0.15) is 0 Å². The number of thioether (sulfide) groups is 1. The molecule has 1 heterocycles. The van der Waals surface area contributed by atoms with Gasteiger partial charge in [0.1, 0.15) is 5.54 Å².